The second-order valence-corrected chi connectivity index (χ2v) is 8.27. The predicted octanol–water partition coefficient (Wildman–Crippen LogP) is 2.43. The van der Waals surface area contributed by atoms with E-state index in [0.29, 0.717) is 18.8 Å². The summed E-state index contributed by atoms with van der Waals surface area (Å²) in [4.78, 5) is 12.4. The lowest BCUT2D eigenvalue weighted by atomic mass is 10.2. The first-order valence-electron chi connectivity index (χ1n) is 8.28. The van der Waals surface area contributed by atoms with Crippen LogP contribution in [0.4, 0.5) is 4.39 Å². The number of nitrogens with one attached hydrogen (secondary N) is 1. The number of hydrogen-bond donors (Lipinski definition) is 1. The second-order valence-electron chi connectivity index (χ2n) is 5.93. The number of ether oxygens (including phenoxy) is 1. The van der Waals surface area contributed by atoms with Gasteiger partial charge in [-0.25, -0.2) is 12.8 Å². The molecule has 0 atom stereocenters. The highest BCUT2D eigenvalue weighted by atomic mass is 35.5. The van der Waals surface area contributed by atoms with Crippen LogP contribution in [0.3, 0.4) is 0 Å². The van der Waals surface area contributed by atoms with Crippen molar-refractivity contribution in [1.82, 2.24) is 9.62 Å². The molecule has 1 fully saturated rings. The van der Waals surface area contributed by atoms with E-state index in [0.717, 1.165) is 6.07 Å². The number of rotatable bonds is 5. The van der Waals surface area contributed by atoms with Crippen molar-refractivity contribution in [1.29, 1.82) is 0 Å². The fraction of sp³-hybridized carbons (Fsp3) is 0.278. The molecule has 1 heterocycles. The average Bonchev–Trinajstić information content (AvgIpc) is 2.67. The first-order valence-corrected chi connectivity index (χ1v) is 10.1. The molecule has 0 unspecified atom stereocenters. The summed E-state index contributed by atoms with van der Waals surface area (Å²) in [6.07, 6.45) is 0. The molecule has 0 bridgehead atoms. The van der Waals surface area contributed by atoms with E-state index in [-0.39, 0.29) is 35.1 Å². The van der Waals surface area contributed by atoms with Crippen molar-refractivity contribution in [2.75, 3.05) is 26.3 Å². The zero-order valence-corrected chi connectivity index (χ0v) is 15.9. The molecule has 144 valence electrons. The van der Waals surface area contributed by atoms with Gasteiger partial charge in [0.2, 0.25) is 10.0 Å². The first-order chi connectivity index (χ1) is 12.9. The molecule has 1 N–H and O–H groups in total. The third-order valence-corrected chi connectivity index (χ3v) is 6.41. The van der Waals surface area contributed by atoms with Gasteiger partial charge >= 0.3 is 0 Å². The monoisotopic (exact) mass is 412 g/mol. The molecule has 3 rings (SSSR count). The maximum atomic E-state index is 13.9. The lowest BCUT2D eigenvalue weighted by molar-refractivity contribution is 0.0730. The van der Waals surface area contributed by atoms with E-state index in [1.54, 1.807) is 18.2 Å². The normalized spacial score (nSPS) is 15.5. The summed E-state index contributed by atoms with van der Waals surface area (Å²) in [7, 11) is -3.71. The summed E-state index contributed by atoms with van der Waals surface area (Å²) >= 11 is 5.69. The van der Waals surface area contributed by atoms with Crippen LogP contribution in [0.25, 0.3) is 0 Å². The maximum absolute atomic E-state index is 13.9. The molecule has 0 radical (unpaired) electrons. The summed E-state index contributed by atoms with van der Waals surface area (Å²) < 4.78 is 46.2. The number of halogens is 2. The van der Waals surface area contributed by atoms with Gasteiger partial charge in [0.25, 0.3) is 5.91 Å². The number of amides is 1. The Morgan fingerprint density at radius 1 is 1.19 bits per heavy atom. The third-order valence-electron chi connectivity index (χ3n) is 4.18. The van der Waals surface area contributed by atoms with Crippen LogP contribution < -0.4 is 5.32 Å². The smallest absolute Gasteiger partial charge is 0.254 e. The van der Waals surface area contributed by atoms with Gasteiger partial charge in [0.05, 0.1) is 23.7 Å². The number of sulfonamides is 1. The molecule has 1 aliphatic rings. The molecule has 27 heavy (non-hydrogen) atoms. The van der Waals surface area contributed by atoms with Gasteiger partial charge in [0.15, 0.2) is 0 Å². The Bertz CT molecular complexity index is 946. The van der Waals surface area contributed by atoms with Crippen molar-refractivity contribution in [3.8, 4) is 0 Å². The number of benzene rings is 2. The molecule has 6 nitrogen and oxygen atoms in total. The number of carbonyl (C=O) groups excluding carboxylic acids is 1. The average molecular weight is 413 g/mol. The van der Waals surface area contributed by atoms with E-state index < -0.39 is 21.7 Å². The fourth-order valence-corrected chi connectivity index (χ4v) is 4.56. The third kappa shape index (κ3) is 4.47. The molecule has 1 amide bonds. The minimum atomic E-state index is -3.71. The maximum Gasteiger partial charge on any atom is 0.254 e. The minimum absolute atomic E-state index is 0.0549. The molecule has 9 heteroatoms. The Balaban J connectivity index is 1.79. The summed E-state index contributed by atoms with van der Waals surface area (Å²) in [5.74, 6) is -1.39. The van der Waals surface area contributed by atoms with E-state index in [1.165, 1.54) is 22.5 Å². The molecule has 0 aliphatic carbocycles. The molecule has 1 aliphatic heterocycles. The Morgan fingerprint density at radius 2 is 1.89 bits per heavy atom. The summed E-state index contributed by atoms with van der Waals surface area (Å²) in [5.41, 5.74) is 0.264. The quantitative estimate of drug-likeness (QED) is 0.818. The highest BCUT2D eigenvalue weighted by molar-refractivity contribution is 7.89. The summed E-state index contributed by atoms with van der Waals surface area (Å²) in [5, 5.41) is 2.75. The zero-order valence-electron chi connectivity index (χ0n) is 14.3. The van der Waals surface area contributed by atoms with Crippen LogP contribution in [-0.2, 0) is 21.3 Å². The van der Waals surface area contributed by atoms with Crippen molar-refractivity contribution >= 4 is 27.5 Å². The fourth-order valence-electron chi connectivity index (χ4n) is 2.77. The summed E-state index contributed by atoms with van der Waals surface area (Å²) in [6, 6.07) is 10.2. The van der Waals surface area contributed by atoms with E-state index >= 15 is 0 Å². The van der Waals surface area contributed by atoms with E-state index in [4.69, 9.17) is 16.3 Å². The van der Waals surface area contributed by atoms with Gasteiger partial charge in [-0.2, -0.15) is 4.31 Å². The molecule has 2 aromatic rings. The van der Waals surface area contributed by atoms with E-state index in [9.17, 15) is 17.6 Å². The molecule has 2 aromatic carbocycles. The van der Waals surface area contributed by atoms with Crippen LogP contribution >= 0.6 is 11.6 Å². The second kappa shape index (κ2) is 8.35. The number of hydrogen-bond acceptors (Lipinski definition) is 4. The van der Waals surface area contributed by atoms with Gasteiger partial charge in [0.1, 0.15) is 5.82 Å². The Hall–Kier alpha value is -2.00. The minimum Gasteiger partial charge on any atom is -0.379 e. The standard InChI is InChI=1S/C18H18ClFN2O4S/c19-14-5-6-15(16(20)11-14)18(23)21-12-13-3-1-2-4-17(13)27(24,25)22-7-9-26-10-8-22/h1-6,11H,7-10,12H2,(H,21,23). The molecule has 0 spiro atoms. The molecule has 1 saturated heterocycles. The van der Waals surface area contributed by atoms with E-state index in [2.05, 4.69) is 5.32 Å². The number of morpholine rings is 1. The zero-order chi connectivity index (χ0) is 19.4. The largest absolute Gasteiger partial charge is 0.379 e. The van der Waals surface area contributed by atoms with Crippen molar-refractivity contribution < 1.29 is 22.3 Å². The van der Waals surface area contributed by atoms with Crippen molar-refractivity contribution in [2.45, 2.75) is 11.4 Å². The topological polar surface area (TPSA) is 75.7 Å². The van der Waals surface area contributed by atoms with Crippen molar-refractivity contribution in [3.63, 3.8) is 0 Å². The van der Waals surface area contributed by atoms with Gasteiger partial charge in [-0.3, -0.25) is 4.79 Å². The van der Waals surface area contributed by atoms with Gasteiger partial charge in [0, 0.05) is 24.7 Å². The van der Waals surface area contributed by atoms with Gasteiger partial charge < -0.3 is 10.1 Å². The van der Waals surface area contributed by atoms with Crippen LogP contribution in [0.5, 0.6) is 0 Å². The van der Waals surface area contributed by atoms with Gasteiger partial charge in [-0.1, -0.05) is 29.8 Å². The number of nitrogens with zero attached hydrogens (tertiary/aromatic N) is 1. The molecular formula is C18H18ClFN2O4S. The highest BCUT2D eigenvalue weighted by Gasteiger charge is 2.28. The lowest BCUT2D eigenvalue weighted by Gasteiger charge is -2.27. The summed E-state index contributed by atoms with van der Waals surface area (Å²) in [6.45, 7) is 1.18. The van der Waals surface area contributed by atoms with Crippen LogP contribution in [0.2, 0.25) is 5.02 Å². The van der Waals surface area contributed by atoms with Gasteiger partial charge in [-0.05, 0) is 29.8 Å². The molecule has 0 aromatic heterocycles. The SMILES string of the molecule is O=C(NCc1ccccc1S(=O)(=O)N1CCOCC1)c1ccc(Cl)cc1F. The Labute approximate surface area is 161 Å². The Morgan fingerprint density at radius 3 is 2.59 bits per heavy atom. The van der Waals surface area contributed by atoms with Crippen LogP contribution in [0.15, 0.2) is 47.4 Å². The van der Waals surface area contributed by atoms with Gasteiger partial charge in [-0.15, -0.1) is 0 Å². The Kier molecular flexibility index (Phi) is 6.11. The van der Waals surface area contributed by atoms with Crippen LogP contribution in [-0.4, -0.2) is 44.9 Å². The van der Waals surface area contributed by atoms with Crippen molar-refractivity contribution in [3.05, 3.63) is 64.4 Å². The lowest BCUT2D eigenvalue weighted by Crippen LogP contribution is -2.41. The predicted molar refractivity (Wildman–Crippen MR) is 98.6 cm³/mol. The molecule has 0 saturated carbocycles. The van der Waals surface area contributed by atoms with Crippen LogP contribution in [0, 0.1) is 5.82 Å². The molecular weight excluding hydrogens is 395 g/mol. The highest BCUT2D eigenvalue weighted by Crippen LogP contribution is 2.21. The first kappa shape index (κ1) is 19.8. The van der Waals surface area contributed by atoms with Crippen LogP contribution in [0.1, 0.15) is 15.9 Å². The van der Waals surface area contributed by atoms with Crippen molar-refractivity contribution in [2.24, 2.45) is 0 Å². The van der Waals surface area contributed by atoms with E-state index in [1.807, 2.05) is 0 Å². The number of carbonyl (C=O) groups is 1.